The number of alkyl halides is 3. The summed E-state index contributed by atoms with van der Waals surface area (Å²) in [6.45, 7) is -1.80. The summed E-state index contributed by atoms with van der Waals surface area (Å²) in [6, 6.07) is 5.30. The topological polar surface area (TPSA) is 64.3 Å². The number of nitrogens with one attached hydrogen (secondary N) is 1. The van der Waals surface area contributed by atoms with Crippen LogP contribution in [0.4, 0.5) is 13.2 Å². The first-order valence-electron chi connectivity index (χ1n) is 6.20. The Morgan fingerprint density at radius 1 is 1.45 bits per heavy atom. The van der Waals surface area contributed by atoms with E-state index in [4.69, 9.17) is 10.5 Å². The molecule has 3 N–H and O–H groups in total. The predicted molar refractivity (Wildman–Crippen MR) is 66.3 cm³/mol. The third-order valence-electron chi connectivity index (χ3n) is 3.09. The molecule has 1 aromatic carbocycles. The molecule has 0 saturated heterocycles. The summed E-state index contributed by atoms with van der Waals surface area (Å²) >= 11 is 0. The van der Waals surface area contributed by atoms with E-state index in [1.54, 1.807) is 17.4 Å². The van der Waals surface area contributed by atoms with Crippen molar-refractivity contribution in [3.05, 3.63) is 29.3 Å². The van der Waals surface area contributed by atoms with Crippen molar-refractivity contribution in [3.8, 4) is 5.75 Å². The van der Waals surface area contributed by atoms with Crippen LogP contribution in [0.15, 0.2) is 18.2 Å². The van der Waals surface area contributed by atoms with Gasteiger partial charge in [-0.05, 0) is 36.1 Å². The highest BCUT2D eigenvalue weighted by molar-refractivity contribution is 5.77. The van der Waals surface area contributed by atoms with Crippen molar-refractivity contribution >= 4 is 5.91 Å². The number of aryl methyl sites for hydroxylation is 1. The standard InChI is InChI=1S/C13H15F3N2O2/c14-13(15,16)7-18-12(19)6-20-9-2-3-10-8(5-9)1-4-11(10)17/h2-3,5,11H,1,4,6-7,17H2,(H,18,19)/t11-/m1/s1. The summed E-state index contributed by atoms with van der Waals surface area (Å²) in [5.41, 5.74) is 8.00. The Bertz CT molecular complexity index is 503. The minimum absolute atomic E-state index is 0.0223. The fourth-order valence-electron chi connectivity index (χ4n) is 2.12. The van der Waals surface area contributed by atoms with Crippen LogP contribution < -0.4 is 15.8 Å². The number of hydrogen-bond donors (Lipinski definition) is 2. The summed E-state index contributed by atoms with van der Waals surface area (Å²) in [4.78, 5) is 11.2. The molecular formula is C13H15F3N2O2. The van der Waals surface area contributed by atoms with Gasteiger partial charge in [-0.15, -0.1) is 0 Å². The van der Waals surface area contributed by atoms with Gasteiger partial charge in [0.1, 0.15) is 12.3 Å². The Labute approximate surface area is 114 Å². The highest BCUT2D eigenvalue weighted by atomic mass is 19.4. The van der Waals surface area contributed by atoms with Crippen LogP contribution in [-0.2, 0) is 11.2 Å². The van der Waals surface area contributed by atoms with E-state index in [1.165, 1.54) is 0 Å². The molecule has 1 atom stereocenters. The van der Waals surface area contributed by atoms with Crippen LogP contribution in [0.5, 0.6) is 5.75 Å². The Morgan fingerprint density at radius 3 is 2.90 bits per heavy atom. The van der Waals surface area contributed by atoms with Crippen LogP contribution in [0.25, 0.3) is 0 Å². The molecule has 0 unspecified atom stereocenters. The number of nitrogens with two attached hydrogens (primary N) is 1. The van der Waals surface area contributed by atoms with Gasteiger partial charge in [0, 0.05) is 6.04 Å². The SMILES string of the molecule is N[C@@H]1CCc2cc(OCC(=O)NCC(F)(F)F)ccc21. The van der Waals surface area contributed by atoms with Gasteiger partial charge in [0.25, 0.3) is 5.91 Å². The zero-order valence-corrected chi connectivity index (χ0v) is 10.7. The lowest BCUT2D eigenvalue weighted by Gasteiger charge is -2.11. The molecule has 110 valence electrons. The molecule has 20 heavy (non-hydrogen) atoms. The average Bonchev–Trinajstić information content (AvgIpc) is 2.74. The molecule has 7 heteroatoms. The van der Waals surface area contributed by atoms with Crippen LogP contribution in [0.3, 0.4) is 0 Å². The number of fused-ring (bicyclic) bond motifs is 1. The van der Waals surface area contributed by atoms with Gasteiger partial charge >= 0.3 is 6.18 Å². The molecule has 0 heterocycles. The minimum Gasteiger partial charge on any atom is -0.484 e. The summed E-state index contributed by atoms with van der Waals surface area (Å²) in [5, 5.41) is 1.74. The van der Waals surface area contributed by atoms with Crippen molar-refractivity contribution in [2.24, 2.45) is 5.73 Å². The molecule has 4 nitrogen and oxygen atoms in total. The summed E-state index contributed by atoms with van der Waals surface area (Å²) in [5.74, 6) is -0.348. The maximum Gasteiger partial charge on any atom is 0.405 e. The number of ether oxygens (including phenoxy) is 1. The summed E-state index contributed by atoms with van der Waals surface area (Å²) in [6.07, 6.45) is -2.71. The van der Waals surface area contributed by atoms with Crippen molar-refractivity contribution in [1.29, 1.82) is 0 Å². The normalized spacial score (nSPS) is 17.7. The predicted octanol–water partition coefficient (Wildman–Crippen LogP) is 1.69. The van der Waals surface area contributed by atoms with Gasteiger partial charge in [0.15, 0.2) is 6.61 Å². The van der Waals surface area contributed by atoms with Crippen molar-refractivity contribution in [1.82, 2.24) is 5.32 Å². The zero-order valence-electron chi connectivity index (χ0n) is 10.7. The smallest absolute Gasteiger partial charge is 0.405 e. The van der Waals surface area contributed by atoms with E-state index in [0.29, 0.717) is 5.75 Å². The van der Waals surface area contributed by atoms with E-state index in [9.17, 15) is 18.0 Å². The fraction of sp³-hybridized carbons (Fsp3) is 0.462. The second kappa shape index (κ2) is 5.70. The Hall–Kier alpha value is -1.76. The zero-order chi connectivity index (χ0) is 14.8. The summed E-state index contributed by atoms with van der Waals surface area (Å²) < 4.78 is 40.9. The highest BCUT2D eigenvalue weighted by Crippen LogP contribution is 2.31. The Balaban J connectivity index is 1.84. The lowest BCUT2D eigenvalue weighted by atomic mass is 10.1. The van der Waals surface area contributed by atoms with E-state index in [0.717, 1.165) is 24.0 Å². The van der Waals surface area contributed by atoms with E-state index in [-0.39, 0.29) is 6.04 Å². The first-order valence-corrected chi connectivity index (χ1v) is 6.20. The molecule has 1 aromatic rings. The number of amides is 1. The van der Waals surface area contributed by atoms with Gasteiger partial charge in [0.05, 0.1) is 0 Å². The van der Waals surface area contributed by atoms with Gasteiger partial charge in [0.2, 0.25) is 0 Å². The van der Waals surface area contributed by atoms with E-state index in [2.05, 4.69) is 0 Å². The van der Waals surface area contributed by atoms with Crippen LogP contribution in [0.1, 0.15) is 23.6 Å². The summed E-state index contributed by atoms with van der Waals surface area (Å²) in [7, 11) is 0. The van der Waals surface area contributed by atoms with Crippen molar-refractivity contribution in [3.63, 3.8) is 0 Å². The molecule has 1 aliphatic carbocycles. The van der Waals surface area contributed by atoms with Gasteiger partial charge < -0.3 is 15.8 Å². The van der Waals surface area contributed by atoms with Crippen LogP contribution >= 0.6 is 0 Å². The second-order valence-electron chi connectivity index (χ2n) is 4.69. The average molecular weight is 288 g/mol. The van der Waals surface area contributed by atoms with Crippen molar-refractivity contribution in [2.75, 3.05) is 13.2 Å². The van der Waals surface area contributed by atoms with Gasteiger partial charge in [-0.1, -0.05) is 6.07 Å². The molecule has 1 aliphatic rings. The molecule has 0 aromatic heterocycles. The van der Waals surface area contributed by atoms with Gasteiger partial charge in [-0.3, -0.25) is 4.79 Å². The van der Waals surface area contributed by atoms with Crippen LogP contribution in [0.2, 0.25) is 0 Å². The number of rotatable bonds is 4. The Kier molecular flexibility index (Phi) is 4.17. The number of hydrogen-bond acceptors (Lipinski definition) is 3. The quantitative estimate of drug-likeness (QED) is 0.886. The minimum atomic E-state index is -4.42. The number of halogens is 3. The maximum absolute atomic E-state index is 11.9. The monoisotopic (exact) mass is 288 g/mol. The largest absolute Gasteiger partial charge is 0.484 e. The van der Waals surface area contributed by atoms with E-state index < -0.39 is 25.2 Å². The van der Waals surface area contributed by atoms with Gasteiger partial charge in [-0.25, -0.2) is 0 Å². The Morgan fingerprint density at radius 2 is 2.20 bits per heavy atom. The highest BCUT2D eigenvalue weighted by Gasteiger charge is 2.27. The van der Waals surface area contributed by atoms with E-state index >= 15 is 0 Å². The second-order valence-corrected chi connectivity index (χ2v) is 4.69. The molecule has 1 amide bonds. The lowest BCUT2D eigenvalue weighted by Crippen LogP contribution is -2.36. The number of carbonyl (C=O) groups excluding carboxylic acids is 1. The van der Waals surface area contributed by atoms with E-state index in [1.807, 2.05) is 6.07 Å². The molecule has 0 saturated carbocycles. The third-order valence-corrected chi connectivity index (χ3v) is 3.09. The first-order chi connectivity index (χ1) is 9.35. The van der Waals surface area contributed by atoms with Crippen molar-refractivity contribution in [2.45, 2.75) is 25.1 Å². The molecule has 0 fully saturated rings. The molecule has 0 aliphatic heterocycles. The molecule has 0 radical (unpaired) electrons. The molecule has 2 rings (SSSR count). The molecule has 0 spiro atoms. The van der Waals surface area contributed by atoms with Crippen LogP contribution in [-0.4, -0.2) is 25.2 Å². The number of carbonyl (C=O) groups is 1. The molecule has 0 bridgehead atoms. The van der Waals surface area contributed by atoms with Gasteiger partial charge in [-0.2, -0.15) is 13.2 Å². The van der Waals surface area contributed by atoms with Crippen molar-refractivity contribution < 1.29 is 22.7 Å². The number of benzene rings is 1. The van der Waals surface area contributed by atoms with Crippen LogP contribution in [0, 0.1) is 0 Å². The fourth-order valence-corrected chi connectivity index (χ4v) is 2.12. The third kappa shape index (κ3) is 3.86. The molecular weight excluding hydrogens is 273 g/mol. The first kappa shape index (κ1) is 14.6. The maximum atomic E-state index is 11.9. The lowest BCUT2D eigenvalue weighted by molar-refractivity contribution is -0.139.